The van der Waals surface area contributed by atoms with E-state index in [0.717, 1.165) is 18.2 Å². The van der Waals surface area contributed by atoms with Gasteiger partial charge in [-0.15, -0.1) is 35.7 Å². The fourth-order valence-electron chi connectivity index (χ4n) is 2.02. The third kappa shape index (κ3) is 5.53. The molecule has 0 bridgehead atoms. The second kappa shape index (κ2) is 9.73. The van der Waals surface area contributed by atoms with Crippen molar-refractivity contribution in [2.75, 3.05) is 20.4 Å². The molecule has 0 saturated heterocycles. The molecule has 0 radical (unpaired) electrons. The third-order valence-corrected chi connectivity index (χ3v) is 3.89. The van der Waals surface area contributed by atoms with Crippen LogP contribution in [0.5, 0.6) is 0 Å². The largest absolute Gasteiger partial charge is 0.351 e. The van der Waals surface area contributed by atoms with E-state index in [-0.39, 0.29) is 24.0 Å². The highest BCUT2D eigenvalue weighted by Crippen LogP contribution is 2.15. The van der Waals surface area contributed by atoms with Gasteiger partial charge in [0.15, 0.2) is 5.96 Å². The van der Waals surface area contributed by atoms with Crippen LogP contribution < -0.4 is 5.32 Å². The molecule has 2 N–H and O–H groups in total. The molecule has 0 unspecified atom stereocenters. The molecule has 22 heavy (non-hydrogen) atoms. The molecular weight excluding hydrogens is 409 g/mol. The summed E-state index contributed by atoms with van der Waals surface area (Å²) in [6, 6.07) is 10.6. The second-order valence-electron chi connectivity index (χ2n) is 4.69. The van der Waals surface area contributed by atoms with Crippen LogP contribution in [0, 0.1) is 0 Å². The lowest BCUT2D eigenvalue weighted by atomic mass is 10.2. The lowest BCUT2D eigenvalue weighted by Gasteiger charge is -2.22. The Kier molecular flexibility index (Phi) is 8.32. The average molecular weight is 431 g/mol. The van der Waals surface area contributed by atoms with Crippen LogP contribution in [0.4, 0.5) is 0 Å². The van der Waals surface area contributed by atoms with Crippen molar-refractivity contribution in [3.05, 3.63) is 47.8 Å². The Balaban J connectivity index is 0.00000242. The molecule has 0 spiro atoms. The lowest BCUT2D eigenvalue weighted by molar-refractivity contribution is 0.476. The Morgan fingerprint density at radius 2 is 2.05 bits per heavy atom. The van der Waals surface area contributed by atoms with Crippen molar-refractivity contribution < 1.29 is 0 Å². The van der Waals surface area contributed by atoms with Gasteiger partial charge in [0, 0.05) is 31.7 Å². The molecule has 0 aliphatic rings. The van der Waals surface area contributed by atoms with Gasteiger partial charge in [-0.25, -0.2) is 0 Å². The molecule has 2 aromatic rings. The number of aromatic amines is 1. The Morgan fingerprint density at radius 1 is 1.32 bits per heavy atom. The zero-order valence-electron chi connectivity index (χ0n) is 13.0. The Hall–Kier alpha value is -1.22. The SMILES string of the molecule is CN=C(NCc1ccn[nH]1)N(C)Cc1ccc(SC)cc1.I. The van der Waals surface area contributed by atoms with Gasteiger partial charge in [-0.2, -0.15) is 5.10 Å². The van der Waals surface area contributed by atoms with Gasteiger partial charge < -0.3 is 10.2 Å². The first-order valence-corrected chi connectivity index (χ1v) is 7.98. The van der Waals surface area contributed by atoms with Crippen LogP contribution in [0.3, 0.4) is 0 Å². The highest BCUT2D eigenvalue weighted by atomic mass is 127. The normalized spacial score (nSPS) is 11.0. The van der Waals surface area contributed by atoms with Gasteiger partial charge in [0.25, 0.3) is 0 Å². The van der Waals surface area contributed by atoms with Crippen LogP contribution in [0.15, 0.2) is 46.4 Å². The lowest BCUT2D eigenvalue weighted by Crippen LogP contribution is -2.38. The first-order chi connectivity index (χ1) is 10.2. The van der Waals surface area contributed by atoms with Crippen molar-refractivity contribution in [1.29, 1.82) is 0 Å². The number of aromatic nitrogens is 2. The fourth-order valence-corrected chi connectivity index (χ4v) is 2.43. The van der Waals surface area contributed by atoms with Gasteiger partial charge in [0.1, 0.15) is 0 Å². The minimum absolute atomic E-state index is 0. The summed E-state index contributed by atoms with van der Waals surface area (Å²) in [6.45, 7) is 1.50. The molecule has 1 heterocycles. The van der Waals surface area contributed by atoms with E-state index in [1.165, 1.54) is 10.5 Å². The first-order valence-electron chi connectivity index (χ1n) is 6.76. The highest BCUT2D eigenvalue weighted by Gasteiger charge is 2.07. The second-order valence-corrected chi connectivity index (χ2v) is 5.57. The van der Waals surface area contributed by atoms with Crippen molar-refractivity contribution in [1.82, 2.24) is 20.4 Å². The number of thioether (sulfide) groups is 1. The third-order valence-electron chi connectivity index (χ3n) is 3.15. The predicted molar refractivity (Wildman–Crippen MR) is 104 cm³/mol. The summed E-state index contributed by atoms with van der Waals surface area (Å²) in [5.74, 6) is 0.860. The van der Waals surface area contributed by atoms with Gasteiger partial charge in [0.2, 0.25) is 0 Å². The number of guanidine groups is 1. The van der Waals surface area contributed by atoms with Crippen LogP contribution in [-0.2, 0) is 13.1 Å². The summed E-state index contributed by atoms with van der Waals surface area (Å²) in [5, 5.41) is 10.2. The summed E-state index contributed by atoms with van der Waals surface area (Å²) in [6.07, 6.45) is 3.83. The van der Waals surface area contributed by atoms with Crippen LogP contribution in [0.2, 0.25) is 0 Å². The molecule has 0 saturated carbocycles. The van der Waals surface area contributed by atoms with E-state index in [4.69, 9.17) is 0 Å². The molecule has 120 valence electrons. The Morgan fingerprint density at radius 3 is 2.59 bits per heavy atom. The number of H-pyrrole nitrogens is 1. The van der Waals surface area contributed by atoms with E-state index < -0.39 is 0 Å². The molecule has 0 aliphatic carbocycles. The van der Waals surface area contributed by atoms with Gasteiger partial charge in [0.05, 0.1) is 12.2 Å². The molecule has 2 rings (SSSR count). The molecule has 7 heteroatoms. The molecule has 0 atom stereocenters. The number of nitrogens with zero attached hydrogens (tertiary/aromatic N) is 3. The van der Waals surface area contributed by atoms with E-state index >= 15 is 0 Å². The molecule has 0 amide bonds. The van der Waals surface area contributed by atoms with Crippen LogP contribution >= 0.6 is 35.7 Å². The quantitative estimate of drug-likeness (QED) is 0.331. The summed E-state index contributed by atoms with van der Waals surface area (Å²) in [7, 11) is 3.83. The number of aliphatic imine (C=N–C) groups is 1. The van der Waals surface area contributed by atoms with Crippen molar-refractivity contribution >= 4 is 41.7 Å². The van der Waals surface area contributed by atoms with Crippen LogP contribution in [0.1, 0.15) is 11.3 Å². The molecule has 0 aliphatic heterocycles. The zero-order valence-corrected chi connectivity index (χ0v) is 16.2. The first kappa shape index (κ1) is 18.8. The Bertz CT molecular complexity index is 568. The summed E-state index contributed by atoms with van der Waals surface area (Å²) >= 11 is 1.75. The molecule has 5 nitrogen and oxygen atoms in total. The number of halogens is 1. The molecule has 0 fully saturated rings. The number of nitrogens with one attached hydrogen (secondary N) is 2. The minimum atomic E-state index is 0. The highest BCUT2D eigenvalue weighted by molar-refractivity contribution is 14.0. The maximum Gasteiger partial charge on any atom is 0.194 e. The molecule has 1 aromatic heterocycles. The predicted octanol–water partition coefficient (Wildman–Crippen LogP) is 2.96. The average Bonchev–Trinajstić information content (AvgIpc) is 3.02. The number of hydrogen-bond donors (Lipinski definition) is 2. The smallest absolute Gasteiger partial charge is 0.194 e. The van der Waals surface area contributed by atoms with E-state index in [0.29, 0.717) is 6.54 Å². The van der Waals surface area contributed by atoms with E-state index in [1.807, 2.05) is 13.1 Å². The summed E-state index contributed by atoms with van der Waals surface area (Å²) in [4.78, 5) is 7.69. The number of rotatable bonds is 5. The zero-order chi connectivity index (χ0) is 15.1. The van der Waals surface area contributed by atoms with E-state index in [2.05, 4.69) is 55.9 Å². The van der Waals surface area contributed by atoms with Crippen LogP contribution in [-0.4, -0.2) is 41.4 Å². The minimum Gasteiger partial charge on any atom is -0.351 e. The monoisotopic (exact) mass is 431 g/mol. The van der Waals surface area contributed by atoms with Gasteiger partial charge >= 0.3 is 0 Å². The van der Waals surface area contributed by atoms with Crippen molar-refractivity contribution in [3.63, 3.8) is 0 Å². The summed E-state index contributed by atoms with van der Waals surface area (Å²) in [5.41, 5.74) is 2.30. The van der Waals surface area contributed by atoms with Gasteiger partial charge in [-0.1, -0.05) is 12.1 Å². The van der Waals surface area contributed by atoms with Gasteiger partial charge in [-0.05, 0) is 30.0 Å². The molecule has 1 aromatic carbocycles. The maximum absolute atomic E-state index is 4.31. The fraction of sp³-hybridized carbons (Fsp3) is 0.333. The maximum atomic E-state index is 4.31. The van der Waals surface area contributed by atoms with Crippen molar-refractivity contribution in [3.8, 4) is 0 Å². The van der Waals surface area contributed by atoms with Crippen molar-refractivity contribution in [2.45, 2.75) is 18.0 Å². The standard InChI is InChI=1S/C15H21N5S.HI/c1-16-15(17-10-13-8-9-18-19-13)20(2)11-12-4-6-14(21-3)7-5-12;/h4-9H,10-11H2,1-3H3,(H,16,17)(H,18,19);1H. The van der Waals surface area contributed by atoms with Gasteiger partial charge in [-0.3, -0.25) is 10.1 Å². The summed E-state index contributed by atoms with van der Waals surface area (Å²) < 4.78 is 0. The molecular formula is C15H22IN5S. The van der Waals surface area contributed by atoms with Crippen LogP contribution in [0.25, 0.3) is 0 Å². The van der Waals surface area contributed by atoms with E-state index in [1.54, 1.807) is 25.0 Å². The Labute approximate surface area is 153 Å². The number of hydrogen-bond acceptors (Lipinski definition) is 3. The van der Waals surface area contributed by atoms with E-state index in [9.17, 15) is 0 Å². The van der Waals surface area contributed by atoms with Crippen molar-refractivity contribution in [2.24, 2.45) is 4.99 Å². The topological polar surface area (TPSA) is 56.3 Å². The number of benzene rings is 1.